The van der Waals surface area contributed by atoms with E-state index in [4.69, 9.17) is 16.3 Å². The Labute approximate surface area is 126 Å². The van der Waals surface area contributed by atoms with Crippen LogP contribution in [0.25, 0.3) is 5.65 Å². The molecule has 1 aliphatic rings. The van der Waals surface area contributed by atoms with Gasteiger partial charge in [-0.1, -0.05) is 17.7 Å². The van der Waals surface area contributed by atoms with Gasteiger partial charge in [-0.3, -0.25) is 0 Å². The summed E-state index contributed by atoms with van der Waals surface area (Å²) in [5.74, 6) is 1.85. The van der Waals surface area contributed by atoms with Crippen LogP contribution in [0, 0.1) is 0 Å². The first-order chi connectivity index (χ1) is 10.3. The Morgan fingerprint density at radius 3 is 2.90 bits per heavy atom. The molecular weight excluding hydrogens is 288 g/mol. The summed E-state index contributed by atoms with van der Waals surface area (Å²) in [6.07, 6.45) is 3.73. The van der Waals surface area contributed by atoms with Gasteiger partial charge < -0.3 is 9.64 Å². The summed E-state index contributed by atoms with van der Waals surface area (Å²) >= 11 is 5.96. The molecule has 0 saturated carbocycles. The predicted octanol–water partition coefficient (Wildman–Crippen LogP) is 2.65. The van der Waals surface area contributed by atoms with E-state index < -0.39 is 0 Å². The maximum Gasteiger partial charge on any atom is 0.157 e. The summed E-state index contributed by atoms with van der Waals surface area (Å²) in [5, 5.41) is 4.99. The van der Waals surface area contributed by atoms with Gasteiger partial charge >= 0.3 is 0 Å². The second-order valence-corrected chi connectivity index (χ2v) is 5.44. The topological polar surface area (TPSA) is 42.7 Å². The van der Waals surface area contributed by atoms with Crippen molar-refractivity contribution in [2.24, 2.45) is 0 Å². The molecular formula is C15H13ClN4O. The first kappa shape index (κ1) is 12.5. The highest BCUT2D eigenvalue weighted by atomic mass is 35.5. The number of hydrogen-bond acceptors (Lipinski definition) is 4. The van der Waals surface area contributed by atoms with Gasteiger partial charge in [-0.05, 0) is 24.3 Å². The quantitative estimate of drug-likeness (QED) is 0.746. The number of ether oxygens (including phenoxy) is 1. The zero-order valence-electron chi connectivity index (χ0n) is 11.2. The van der Waals surface area contributed by atoms with Crippen LogP contribution >= 0.6 is 11.6 Å². The van der Waals surface area contributed by atoms with Gasteiger partial charge in [0.1, 0.15) is 17.7 Å². The van der Waals surface area contributed by atoms with Crippen LogP contribution in [0.3, 0.4) is 0 Å². The molecule has 6 heteroatoms. The van der Waals surface area contributed by atoms with Crippen LogP contribution in [0.5, 0.6) is 5.75 Å². The monoisotopic (exact) mass is 300 g/mol. The Balaban J connectivity index is 1.46. The number of halogens is 1. The minimum atomic E-state index is 0.169. The lowest BCUT2D eigenvalue weighted by Crippen LogP contribution is -2.54. The number of aromatic nitrogens is 3. The summed E-state index contributed by atoms with van der Waals surface area (Å²) < 4.78 is 7.75. The predicted molar refractivity (Wildman–Crippen MR) is 81.1 cm³/mol. The van der Waals surface area contributed by atoms with Crippen LogP contribution in [-0.2, 0) is 0 Å². The highest BCUT2D eigenvalue weighted by Gasteiger charge is 2.30. The molecule has 0 N–H and O–H groups in total. The Morgan fingerprint density at radius 2 is 2.05 bits per heavy atom. The molecule has 0 spiro atoms. The molecule has 0 amide bonds. The molecule has 1 aromatic carbocycles. The van der Waals surface area contributed by atoms with Crippen molar-refractivity contribution in [2.45, 2.75) is 6.10 Å². The van der Waals surface area contributed by atoms with Gasteiger partial charge in [0, 0.05) is 17.3 Å². The van der Waals surface area contributed by atoms with E-state index in [1.54, 1.807) is 12.4 Å². The zero-order chi connectivity index (χ0) is 14.2. The Hall–Kier alpha value is -2.27. The maximum atomic E-state index is 5.96. The normalized spacial score (nSPS) is 15.2. The molecule has 3 aromatic rings. The smallest absolute Gasteiger partial charge is 0.157 e. The maximum absolute atomic E-state index is 5.96. The van der Waals surface area contributed by atoms with E-state index in [9.17, 15) is 0 Å². The van der Waals surface area contributed by atoms with Gasteiger partial charge in [-0.15, -0.1) is 0 Å². The molecule has 3 heterocycles. The van der Waals surface area contributed by atoms with Gasteiger partial charge in [0.25, 0.3) is 0 Å². The number of rotatable bonds is 3. The fraction of sp³-hybridized carbons (Fsp3) is 0.200. The van der Waals surface area contributed by atoms with Crippen molar-refractivity contribution < 1.29 is 4.74 Å². The van der Waals surface area contributed by atoms with E-state index in [1.165, 1.54) is 0 Å². The second kappa shape index (κ2) is 4.93. The standard InChI is InChI=1S/C15H13ClN4O/c16-11-2-1-3-12(8-11)21-13-9-19(10-13)15-5-6-17-14-4-7-18-20(14)15/h1-8,13H,9-10H2. The molecule has 1 saturated heterocycles. The van der Waals surface area contributed by atoms with Gasteiger partial charge in [0.15, 0.2) is 5.65 Å². The molecule has 2 aromatic heterocycles. The van der Waals surface area contributed by atoms with Crippen molar-refractivity contribution in [1.82, 2.24) is 14.6 Å². The zero-order valence-corrected chi connectivity index (χ0v) is 11.9. The van der Waals surface area contributed by atoms with E-state index in [2.05, 4.69) is 15.0 Å². The largest absolute Gasteiger partial charge is 0.487 e. The van der Waals surface area contributed by atoms with Gasteiger partial charge in [-0.2, -0.15) is 9.61 Å². The van der Waals surface area contributed by atoms with Crippen molar-refractivity contribution in [1.29, 1.82) is 0 Å². The summed E-state index contributed by atoms with van der Waals surface area (Å²) in [4.78, 5) is 6.49. The number of hydrogen-bond donors (Lipinski definition) is 0. The van der Waals surface area contributed by atoms with Gasteiger partial charge in [-0.25, -0.2) is 4.98 Å². The number of anilines is 1. The van der Waals surface area contributed by atoms with Crippen molar-refractivity contribution in [3.05, 3.63) is 53.8 Å². The molecule has 21 heavy (non-hydrogen) atoms. The third kappa shape index (κ3) is 2.29. The van der Waals surface area contributed by atoms with E-state index in [0.29, 0.717) is 5.02 Å². The van der Waals surface area contributed by atoms with Crippen LogP contribution in [0.2, 0.25) is 5.02 Å². The van der Waals surface area contributed by atoms with E-state index in [1.807, 2.05) is 40.9 Å². The molecule has 1 fully saturated rings. The molecule has 0 unspecified atom stereocenters. The van der Waals surface area contributed by atoms with Crippen molar-refractivity contribution in [2.75, 3.05) is 18.0 Å². The molecule has 106 valence electrons. The first-order valence-corrected chi connectivity index (χ1v) is 7.13. The van der Waals surface area contributed by atoms with Crippen molar-refractivity contribution in [3.8, 4) is 5.75 Å². The summed E-state index contributed by atoms with van der Waals surface area (Å²) in [6, 6.07) is 11.4. The minimum absolute atomic E-state index is 0.169. The SMILES string of the molecule is Clc1cccc(OC2CN(c3ccnc4ccnn34)C2)c1. The van der Waals surface area contributed by atoms with E-state index >= 15 is 0 Å². The third-order valence-corrected chi connectivity index (χ3v) is 3.78. The van der Waals surface area contributed by atoms with Crippen molar-refractivity contribution in [3.63, 3.8) is 0 Å². The van der Waals surface area contributed by atoms with Gasteiger partial charge in [0.2, 0.25) is 0 Å². The number of fused-ring (bicyclic) bond motifs is 1. The molecule has 0 atom stereocenters. The van der Waals surface area contributed by atoms with Crippen molar-refractivity contribution >= 4 is 23.1 Å². The summed E-state index contributed by atoms with van der Waals surface area (Å²) in [7, 11) is 0. The fourth-order valence-electron chi connectivity index (χ4n) is 2.49. The van der Waals surface area contributed by atoms with Crippen LogP contribution < -0.4 is 9.64 Å². The molecule has 0 bridgehead atoms. The van der Waals surface area contributed by atoms with E-state index in [-0.39, 0.29) is 6.10 Å². The third-order valence-electron chi connectivity index (χ3n) is 3.54. The van der Waals surface area contributed by atoms with E-state index in [0.717, 1.165) is 30.3 Å². The highest BCUT2D eigenvalue weighted by molar-refractivity contribution is 6.30. The Morgan fingerprint density at radius 1 is 1.14 bits per heavy atom. The fourth-order valence-corrected chi connectivity index (χ4v) is 2.67. The lowest BCUT2D eigenvalue weighted by Gasteiger charge is -2.40. The number of nitrogens with zero attached hydrogens (tertiary/aromatic N) is 4. The lowest BCUT2D eigenvalue weighted by molar-refractivity contribution is 0.166. The minimum Gasteiger partial charge on any atom is -0.487 e. The molecule has 0 aliphatic carbocycles. The van der Waals surface area contributed by atoms with Gasteiger partial charge in [0.05, 0.1) is 19.3 Å². The van der Waals surface area contributed by atoms with Crippen LogP contribution in [0.4, 0.5) is 5.82 Å². The Bertz CT molecular complexity index is 782. The molecule has 0 radical (unpaired) electrons. The summed E-state index contributed by atoms with van der Waals surface area (Å²) in [6.45, 7) is 1.65. The molecule has 5 nitrogen and oxygen atoms in total. The summed E-state index contributed by atoms with van der Waals surface area (Å²) in [5.41, 5.74) is 0.853. The average molecular weight is 301 g/mol. The molecule has 1 aliphatic heterocycles. The Kier molecular flexibility index (Phi) is 2.93. The lowest BCUT2D eigenvalue weighted by atomic mass is 10.1. The van der Waals surface area contributed by atoms with Crippen LogP contribution in [0.1, 0.15) is 0 Å². The second-order valence-electron chi connectivity index (χ2n) is 5.01. The molecule has 4 rings (SSSR count). The highest BCUT2D eigenvalue weighted by Crippen LogP contribution is 2.25. The number of benzene rings is 1. The first-order valence-electron chi connectivity index (χ1n) is 6.75. The van der Waals surface area contributed by atoms with Crippen LogP contribution in [0.15, 0.2) is 48.8 Å². The average Bonchev–Trinajstić information content (AvgIpc) is 2.91. The van der Waals surface area contributed by atoms with Crippen LogP contribution in [-0.4, -0.2) is 33.8 Å².